The quantitative estimate of drug-likeness (QED) is 0.446. The van der Waals surface area contributed by atoms with E-state index in [2.05, 4.69) is 0 Å². The minimum absolute atomic E-state index is 0.149. The van der Waals surface area contributed by atoms with Crippen LogP contribution in [0.25, 0.3) is 0 Å². The zero-order chi connectivity index (χ0) is 14.3. The summed E-state index contributed by atoms with van der Waals surface area (Å²) < 4.78 is 5.57. The Morgan fingerprint density at radius 1 is 1.32 bits per heavy atom. The number of nitro benzene ring substituents is 1. The van der Waals surface area contributed by atoms with Crippen molar-refractivity contribution in [1.82, 2.24) is 0 Å². The van der Waals surface area contributed by atoms with Crippen molar-refractivity contribution in [1.29, 1.82) is 0 Å². The van der Waals surface area contributed by atoms with Crippen LogP contribution in [0.3, 0.4) is 0 Å². The number of hydrogen-bond donors (Lipinski definition) is 1. The predicted octanol–water partition coefficient (Wildman–Crippen LogP) is 2.67. The number of nitrogens with two attached hydrogens (primary N) is 1. The summed E-state index contributed by atoms with van der Waals surface area (Å²) in [7, 11) is 0. The highest BCUT2D eigenvalue weighted by Crippen LogP contribution is 2.18. The number of ether oxygens (including phenoxy) is 1. The Morgan fingerprint density at radius 2 is 1.95 bits per heavy atom. The van der Waals surface area contributed by atoms with E-state index < -0.39 is 0 Å². The molecule has 1 aromatic rings. The first-order valence-corrected chi connectivity index (χ1v) is 6.61. The molecule has 0 aliphatic heterocycles. The van der Waals surface area contributed by atoms with Gasteiger partial charge in [-0.3, -0.25) is 10.1 Å². The minimum Gasteiger partial charge on any atom is -0.379 e. The standard InChI is InChI=1S/C14H22N2O3/c1-3-14(15,4-2)11-19-10-9-12-7-5-6-8-13(12)16(17)18/h5-8H,3-4,9-11,15H2,1-2H3. The van der Waals surface area contributed by atoms with Crippen LogP contribution in [0.4, 0.5) is 5.69 Å². The third kappa shape index (κ3) is 4.61. The lowest BCUT2D eigenvalue weighted by atomic mass is 9.96. The first-order valence-electron chi connectivity index (χ1n) is 6.61. The molecule has 1 rings (SSSR count). The molecule has 1 aromatic carbocycles. The molecule has 0 bridgehead atoms. The molecule has 0 fully saturated rings. The predicted molar refractivity (Wildman–Crippen MR) is 75.1 cm³/mol. The minimum atomic E-state index is -0.360. The molecular weight excluding hydrogens is 244 g/mol. The van der Waals surface area contributed by atoms with Crippen LogP contribution in [0, 0.1) is 10.1 Å². The maximum Gasteiger partial charge on any atom is 0.272 e. The van der Waals surface area contributed by atoms with Gasteiger partial charge in [-0.2, -0.15) is 0 Å². The molecule has 0 atom stereocenters. The van der Waals surface area contributed by atoms with Crippen LogP contribution in [-0.4, -0.2) is 23.7 Å². The average molecular weight is 266 g/mol. The van der Waals surface area contributed by atoms with Crippen LogP contribution in [-0.2, 0) is 11.2 Å². The van der Waals surface area contributed by atoms with Crippen molar-refractivity contribution >= 4 is 5.69 Å². The van der Waals surface area contributed by atoms with Crippen LogP contribution < -0.4 is 5.73 Å². The normalized spacial score (nSPS) is 11.5. The van der Waals surface area contributed by atoms with Crippen molar-refractivity contribution in [2.75, 3.05) is 13.2 Å². The molecule has 0 amide bonds. The van der Waals surface area contributed by atoms with Crippen molar-refractivity contribution in [3.05, 3.63) is 39.9 Å². The van der Waals surface area contributed by atoms with Gasteiger partial charge < -0.3 is 10.5 Å². The van der Waals surface area contributed by atoms with Gasteiger partial charge in [-0.05, 0) is 12.8 Å². The van der Waals surface area contributed by atoms with Crippen LogP contribution in [0.15, 0.2) is 24.3 Å². The van der Waals surface area contributed by atoms with E-state index in [1.54, 1.807) is 18.2 Å². The van der Waals surface area contributed by atoms with E-state index in [-0.39, 0.29) is 16.1 Å². The van der Waals surface area contributed by atoms with Crippen molar-refractivity contribution in [2.45, 2.75) is 38.6 Å². The van der Waals surface area contributed by atoms with Gasteiger partial charge >= 0.3 is 0 Å². The van der Waals surface area contributed by atoms with Gasteiger partial charge in [0.25, 0.3) is 5.69 Å². The van der Waals surface area contributed by atoms with E-state index >= 15 is 0 Å². The van der Waals surface area contributed by atoms with Crippen molar-refractivity contribution in [2.24, 2.45) is 5.73 Å². The smallest absolute Gasteiger partial charge is 0.272 e. The molecule has 5 nitrogen and oxygen atoms in total. The Morgan fingerprint density at radius 3 is 2.53 bits per heavy atom. The summed E-state index contributed by atoms with van der Waals surface area (Å²) in [6.45, 7) is 5.01. The molecular formula is C14H22N2O3. The maximum atomic E-state index is 10.9. The van der Waals surface area contributed by atoms with Crippen LogP contribution in [0.5, 0.6) is 0 Å². The van der Waals surface area contributed by atoms with Gasteiger partial charge in [0.1, 0.15) is 0 Å². The van der Waals surface area contributed by atoms with Crippen LogP contribution in [0.2, 0.25) is 0 Å². The van der Waals surface area contributed by atoms with E-state index in [1.165, 1.54) is 6.07 Å². The average Bonchev–Trinajstić information content (AvgIpc) is 2.43. The SMILES string of the molecule is CCC(N)(CC)COCCc1ccccc1[N+](=O)[O-]. The van der Waals surface area contributed by atoms with Crippen molar-refractivity contribution in [3.8, 4) is 0 Å². The highest BCUT2D eigenvalue weighted by atomic mass is 16.6. The van der Waals surface area contributed by atoms with Gasteiger partial charge in [-0.15, -0.1) is 0 Å². The zero-order valence-corrected chi connectivity index (χ0v) is 11.6. The van der Waals surface area contributed by atoms with E-state index in [0.29, 0.717) is 25.2 Å². The lowest BCUT2D eigenvalue weighted by Gasteiger charge is -2.26. The second kappa shape index (κ2) is 7.21. The third-order valence-corrected chi connectivity index (χ3v) is 3.50. The van der Waals surface area contributed by atoms with E-state index in [0.717, 1.165) is 12.8 Å². The Labute approximate surface area is 113 Å². The second-order valence-electron chi connectivity index (χ2n) is 4.76. The number of nitrogens with zero attached hydrogens (tertiary/aromatic N) is 1. The van der Waals surface area contributed by atoms with Crippen molar-refractivity contribution < 1.29 is 9.66 Å². The van der Waals surface area contributed by atoms with Crippen LogP contribution >= 0.6 is 0 Å². The van der Waals surface area contributed by atoms with Gasteiger partial charge in [-0.25, -0.2) is 0 Å². The Balaban J connectivity index is 2.48. The van der Waals surface area contributed by atoms with E-state index in [1.807, 2.05) is 13.8 Å². The molecule has 106 valence electrons. The molecule has 5 heteroatoms. The lowest BCUT2D eigenvalue weighted by Crippen LogP contribution is -2.43. The molecule has 0 saturated heterocycles. The number of benzene rings is 1. The van der Waals surface area contributed by atoms with E-state index in [9.17, 15) is 10.1 Å². The maximum absolute atomic E-state index is 10.9. The summed E-state index contributed by atoms with van der Waals surface area (Å²) >= 11 is 0. The topological polar surface area (TPSA) is 78.4 Å². The highest BCUT2D eigenvalue weighted by Gasteiger charge is 2.20. The third-order valence-electron chi connectivity index (χ3n) is 3.50. The van der Waals surface area contributed by atoms with Gasteiger partial charge in [-0.1, -0.05) is 32.0 Å². The summed E-state index contributed by atoms with van der Waals surface area (Å²) in [6.07, 6.45) is 2.24. The number of nitro groups is 1. The molecule has 0 aromatic heterocycles. The summed E-state index contributed by atoms with van der Waals surface area (Å²) in [4.78, 5) is 10.5. The zero-order valence-electron chi connectivity index (χ0n) is 11.6. The van der Waals surface area contributed by atoms with Crippen molar-refractivity contribution in [3.63, 3.8) is 0 Å². The highest BCUT2D eigenvalue weighted by molar-refractivity contribution is 5.39. The summed E-state index contributed by atoms with van der Waals surface area (Å²) in [5.41, 5.74) is 6.68. The Kier molecular flexibility index (Phi) is 5.92. The molecule has 19 heavy (non-hydrogen) atoms. The molecule has 0 heterocycles. The monoisotopic (exact) mass is 266 g/mol. The van der Waals surface area contributed by atoms with Gasteiger partial charge in [0.15, 0.2) is 0 Å². The molecule has 0 radical (unpaired) electrons. The summed E-state index contributed by atoms with van der Waals surface area (Å²) in [6, 6.07) is 6.74. The molecule has 0 saturated carbocycles. The number of hydrogen-bond acceptors (Lipinski definition) is 4. The van der Waals surface area contributed by atoms with Crippen LogP contribution in [0.1, 0.15) is 32.3 Å². The molecule has 0 spiro atoms. The largest absolute Gasteiger partial charge is 0.379 e. The fraction of sp³-hybridized carbons (Fsp3) is 0.571. The second-order valence-corrected chi connectivity index (χ2v) is 4.76. The Bertz CT molecular complexity index is 417. The fourth-order valence-corrected chi connectivity index (χ4v) is 1.81. The van der Waals surface area contributed by atoms with E-state index in [4.69, 9.17) is 10.5 Å². The summed E-state index contributed by atoms with van der Waals surface area (Å²) in [5.74, 6) is 0. The summed E-state index contributed by atoms with van der Waals surface area (Å²) in [5, 5.41) is 10.9. The molecule has 0 aliphatic carbocycles. The van der Waals surface area contributed by atoms with Gasteiger partial charge in [0.05, 0.1) is 18.1 Å². The first kappa shape index (κ1) is 15.6. The molecule has 0 unspecified atom stereocenters. The van der Waals surface area contributed by atoms with Gasteiger partial charge in [0, 0.05) is 23.6 Å². The fourth-order valence-electron chi connectivity index (χ4n) is 1.81. The first-order chi connectivity index (χ1) is 9.02. The lowest BCUT2D eigenvalue weighted by molar-refractivity contribution is -0.385. The molecule has 0 aliphatic rings. The van der Waals surface area contributed by atoms with Gasteiger partial charge in [0.2, 0.25) is 0 Å². The number of para-hydroxylation sites is 1. The molecule has 2 N–H and O–H groups in total. The number of rotatable bonds is 8. The Hall–Kier alpha value is -1.46.